The number of allylic oxidation sites excluding steroid dienone is 5. The van der Waals surface area contributed by atoms with Crippen LogP contribution in [0.5, 0.6) is 0 Å². The zero-order valence-electron chi connectivity index (χ0n) is 17.1. The summed E-state index contributed by atoms with van der Waals surface area (Å²) in [5.74, 6) is -1.16. The van der Waals surface area contributed by atoms with E-state index in [1.54, 1.807) is 30.4 Å². The Bertz CT molecular complexity index is 1090. The number of fused-ring (bicyclic) bond motifs is 1. The van der Waals surface area contributed by atoms with E-state index in [9.17, 15) is 14.9 Å². The summed E-state index contributed by atoms with van der Waals surface area (Å²) in [6.45, 7) is 10.7. The number of hydrogen-bond acceptors (Lipinski definition) is 5. The maximum Gasteiger partial charge on any atom is 0.333 e. The van der Waals surface area contributed by atoms with Crippen LogP contribution in [-0.2, 0) is 14.3 Å². The van der Waals surface area contributed by atoms with Gasteiger partial charge in [-0.15, -0.1) is 0 Å². The maximum absolute atomic E-state index is 12.9. The molecule has 1 heterocycles. The number of halogens is 2. The van der Waals surface area contributed by atoms with Crippen molar-refractivity contribution in [3.05, 3.63) is 80.8 Å². The van der Waals surface area contributed by atoms with Gasteiger partial charge in [0.1, 0.15) is 18.2 Å². The van der Waals surface area contributed by atoms with Crippen molar-refractivity contribution in [2.24, 2.45) is 0 Å². The molecule has 1 amide bonds. The summed E-state index contributed by atoms with van der Waals surface area (Å²) in [5, 5.41) is 13.3. The Morgan fingerprint density at radius 3 is 2.65 bits per heavy atom. The normalized spacial score (nSPS) is 14.5. The quantitative estimate of drug-likeness (QED) is 0.239. The first kappa shape index (κ1) is 24.5. The molecule has 0 radical (unpaired) electrons. The highest BCUT2D eigenvalue weighted by molar-refractivity contribution is 8.03. The smallest absolute Gasteiger partial charge is 0.333 e. The minimum Gasteiger partial charge on any atom is -0.460 e. The van der Waals surface area contributed by atoms with Gasteiger partial charge in [-0.25, -0.2) is 4.79 Å². The van der Waals surface area contributed by atoms with E-state index in [1.807, 2.05) is 13.0 Å². The van der Waals surface area contributed by atoms with Crippen LogP contribution in [0.4, 0.5) is 0 Å². The summed E-state index contributed by atoms with van der Waals surface area (Å²) in [6.07, 6.45) is 5.26. The van der Waals surface area contributed by atoms with Gasteiger partial charge in [-0.1, -0.05) is 66.3 Å². The fraction of sp³-hybridized carbons (Fsp3) is 0.174. The number of ether oxygens (including phenoxy) is 1. The van der Waals surface area contributed by atoms with Gasteiger partial charge in [0.15, 0.2) is 0 Å². The highest BCUT2D eigenvalue weighted by Gasteiger charge is 2.28. The van der Waals surface area contributed by atoms with E-state index in [0.717, 1.165) is 4.91 Å². The standard InChI is InChI=1S/C23H20Cl2N2O3S/c1-5-7-15-19(6-2)31-21-16(10-14(24)11-18(21)25)20(15)17(12-26)22(28)27-8-9-30-23(29)13(3)4/h5-7,10-11H,2-3,8-9H2,1,4H3,(H,27,28)/b7-5-,20-17+. The number of carbonyl (C=O) groups is 2. The number of rotatable bonds is 7. The van der Waals surface area contributed by atoms with Crippen molar-refractivity contribution in [1.82, 2.24) is 5.32 Å². The number of nitrogens with zero attached hydrogens (tertiary/aromatic N) is 1. The van der Waals surface area contributed by atoms with E-state index >= 15 is 0 Å². The lowest BCUT2D eigenvalue weighted by atomic mass is 9.91. The van der Waals surface area contributed by atoms with E-state index in [2.05, 4.69) is 18.5 Å². The zero-order valence-corrected chi connectivity index (χ0v) is 19.4. The molecule has 160 valence electrons. The van der Waals surface area contributed by atoms with Gasteiger partial charge in [-0.3, -0.25) is 4.79 Å². The lowest BCUT2D eigenvalue weighted by Crippen LogP contribution is -2.30. The maximum atomic E-state index is 12.9. The van der Waals surface area contributed by atoms with Crippen LogP contribution in [0.3, 0.4) is 0 Å². The Labute approximate surface area is 195 Å². The van der Waals surface area contributed by atoms with Crippen LogP contribution >= 0.6 is 35.0 Å². The van der Waals surface area contributed by atoms with Crippen LogP contribution in [0, 0.1) is 11.3 Å². The van der Waals surface area contributed by atoms with E-state index in [4.69, 9.17) is 27.9 Å². The topological polar surface area (TPSA) is 79.2 Å². The molecule has 0 saturated carbocycles. The fourth-order valence-electron chi connectivity index (χ4n) is 2.78. The fourth-order valence-corrected chi connectivity index (χ4v) is 4.40. The Morgan fingerprint density at radius 1 is 1.35 bits per heavy atom. The third-order valence-electron chi connectivity index (χ3n) is 4.10. The molecule has 0 spiro atoms. The number of carbonyl (C=O) groups excluding carboxylic acids is 2. The molecule has 0 atom stereocenters. The summed E-state index contributed by atoms with van der Waals surface area (Å²) in [5.41, 5.74) is 1.80. The first-order chi connectivity index (χ1) is 14.7. The molecule has 1 N–H and O–H groups in total. The lowest BCUT2D eigenvalue weighted by molar-refractivity contribution is -0.139. The molecule has 0 aromatic heterocycles. The van der Waals surface area contributed by atoms with Gasteiger partial charge in [-0.2, -0.15) is 5.26 Å². The van der Waals surface area contributed by atoms with Crippen LogP contribution in [0.25, 0.3) is 5.57 Å². The number of nitrogens with one attached hydrogen (secondary N) is 1. The number of benzene rings is 1. The highest BCUT2D eigenvalue weighted by Crippen LogP contribution is 2.50. The monoisotopic (exact) mass is 474 g/mol. The van der Waals surface area contributed by atoms with Gasteiger partial charge in [-0.05, 0) is 31.6 Å². The Morgan fingerprint density at radius 2 is 2.06 bits per heavy atom. The molecule has 1 aliphatic rings. The third-order valence-corrected chi connectivity index (χ3v) is 5.98. The molecule has 1 aromatic rings. The second-order valence-corrected chi connectivity index (χ2v) is 8.28. The van der Waals surface area contributed by atoms with Crippen molar-refractivity contribution in [2.75, 3.05) is 13.2 Å². The Hall–Kier alpha value is -2.72. The molecular weight excluding hydrogens is 455 g/mol. The van der Waals surface area contributed by atoms with Crippen LogP contribution in [0.15, 0.2) is 70.0 Å². The molecule has 5 nitrogen and oxygen atoms in total. The summed E-state index contributed by atoms with van der Waals surface area (Å²) in [7, 11) is 0. The summed E-state index contributed by atoms with van der Waals surface area (Å²) < 4.78 is 4.97. The van der Waals surface area contributed by atoms with Crippen molar-refractivity contribution in [2.45, 2.75) is 18.7 Å². The Balaban J connectivity index is 2.52. The van der Waals surface area contributed by atoms with E-state index in [0.29, 0.717) is 31.7 Å². The minimum atomic E-state index is -0.608. The zero-order chi connectivity index (χ0) is 23.1. The summed E-state index contributed by atoms with van der Waals surface area (Å²) in [4.78, 5) is 25.8. The largest absolute Gasteiger partial charge is 0.460 e. The van der Waals surface area contributed by atoms with Crippen molar-refractivity contribution in [3.8, 4) is 6.07 Å². The molecule has 0 fully saturated rings. The number of amides is 1. The number of hydrogen-bond donors (Lipinski definition) is 1. The predicted molar refractivity (Wildman–Crippen MR) is 126 cm³/mol. The molecule has 31 heavy (non-hydrogen) atoms. The van der Waals surface area contributed by atoms with Crippen molar-refractivity contribution < 1.29 is 14.3 Å². The van der Waals surface area contributed by atoms with Gasteiger partial charge >= 0.3 is 5.97 Å². The third kappa shape index (κ3) is 5.71. The number of thioether (sulfide) groups is 1. The molecule has 0 bridgehead atoms. The van der Waals surface area contributed by atoms with E-state index < -0.39 is 11.9 Å². The van der Waals surface area contributed by atoms with Crippen LogP contribution < -0.4 is 5.32 Å². The van der Waals surface area contributed by atoms with Crippen LogP contribution in [-0.4, -0.2) is 25.0 Å². The molecule has 1 aliphatic heterocycles. The minimum absolute atomic E-state index is 0.0329. The number of esters is 1. The van der Waals surface area contributed by atoms with E-state index in [-0.39, 0.29) is 24.3 Å². The molecular formula is C23H20Cl2N2O3S. The molecule has 1 aromatic carbocycles. The second kappa shape index (κ2) is 11.1. The SMILES string of the molecule is C=CC1=C(/C=C\C)/C(=C(/C#N)C(=O)NCCOC(=O)C(=C)C)c2cc(Cl)cc(Cl)c2S1. The van der Waals surface area contributed by atoms with Gasteiger partial charge in [0, 0.05) is 31.5 Å². The molecule has 0 aliphatic carbocycles. The van der Waals surface area contributed by atoms with Crippen molar-refractivity contribution in [3.63, 3.8) is 0 Å². The molecule has 0 unspecified atom stereocenters. The number of nitriles is 1. The highest BCUT2D eigenvalue weighted by atomic mass is 35.5. The molecule has 2 rings (SSSR count). The lowest BCUT2D eigenvalue weighted by Gasteiger charge is -2.24. The second-order valence-electron chi connectivity index (χ2n) is 6.38. The average Bonchev–Trinajstić information content (AvgIpc) is 2.72. The van der Waals surface area contributed by atoms with E-state index in [1.165, 1.54) is 18.7 Å². The summed E-state index contributed by atoms with van der Waals surface area (Å²) >= 11 is 14.0. The van der Waals surface area contributed by atoms with Crippen molar-refractivity contribution in [1.29, 1.82) is 5.26 Å². The first-order valence-electron chi connectivity index (χ1n) is 9.17. The van der Waals surface area contributed by atoms with Gasteiger partial charge in [0.05, 0.1) is 11.6 Å². The molecule has 8 heteroatoms. The van der Waals surface area contributed by atoms with Gasteiger partial charge in [0.25, 0.3) is 5.91 Å². The van der Waals surface area contributed by atoms with Crippen LogP contribution in [0.2, 0.25) is 10.0 Å². The first-order valence-corrected chi connectivity index (χ1v) is 10.7. The average molecular weight is 475 g/mol. The summed E-state index contributed by atoms with van der Waals surface area (Å²) in [6, 6.07) is 5.28. The molecule has 0 saturated heterocycles. The predicted octanol–water partition coefficient (Wildman–Crippen LogP) is 5.63. The van der Waals surface area contributed by atoms with Crippen molar-refractivity contribution >= 4 is 52.4 Å². The van der Waals surface area contributed by atoms with Gasteiger partial charge < -0.3 is 10.1 Å². The Kier molecular flexibility index (Phi) is 8.76. The van der Waals surface area contributed by atoms with Crippen LogP contribution in [0.1, 0.15) is 19.4 Å². The van der Waals surface area contributed by atoms with Gasteiger partial charge in [0.2, 0.25) is 0 Å².